The number of rotatable bonds is 5. The molecule has 0 aliphatic rings. The van der Waals surface area contributed by atoms with Crippen molar-refractivity contribution in [3.8, 4) is 16.9 Å². The minimum atomic E-state index is -4.61. The molecule has 0 bridgehead atoms. The Morgan fingerprint density at radius 3 is 2.63 bits per heavy atom. The molecule has 2 aromatic carbocycles. The van der Waals surface area contributed by atoms with Crippen LogP contribution in [0.25, 0.3) is 22.0 Å². The van der Waals surface area contributed by atoms with Gasteiger partial charge in [0.15, 0.2) is 24.0 Å². The van der Waals surface area contributed by atoms with Crippen molar-refractivity contribution in [1.82, 2.24) is 9.78 Å². The van der Waals surface area contributed by atoms with Gasteiger partial charge in [-0.25, -0.2) is 12.8 Å². The second kappa shape index (κ2) is 7.06. The first kappa shape index (κ1) is 19.0. The molecule has 3 aromatic rings. The van der Waals surface area contributed by atoms with Crippen LogP contribution in [0.1, 0.15) is 0 Å². The highest BCUT2D eigenvalue weighted by Crippen LogP contribution is 2.36. The Bertz CT molecular complexity index is 1070. The van der Waals surface area contributed by atoms with E-state index in [0.29, 0.717) is 16.5 Å². The third-order valence-corrected chi connectivity index (χ3v) is 4.10. The van der Waals surface area contributed by atoms with Crippen molar-refractivity contribution in [2.75, 3.05) is 11.3 Å². The zero-order valence-corrected chi connectivity index (χ0v) is 14.6. The fourth-order valence-corrected chi connectivity index (χ4v) is 2.97. The van der Waals surface area contributed by atoms with Gasteiger partial charge in [0, 0.05) is 18.0 Å². The molecular formula is C16H13F4N3O3S. The Morgan fingerprint density at radius 1 is 1.22 bits per heavy atom. The summed E-state index contributed by atoms with van der Waals surface area (Å²) in [5.41, 5.74) is 1.02. The molecule has 144 valence electrons. The third-order valence-electron chi connectivity index (χ3n) is 3.71. The SMILES string of the molecule is Cn1nc(N[SH](=O)=O)c2ccc(-c3cccc(F)c3OCC(F)(F)F)cc21. The van der Waals surface area contributed by atoms with Crippen LogP contribution >= 0.6 is 0 Å². The van der Waals surface area contributed by atoms with Crippen molar-refractivity contribution in [3.05, 3.63) is 42.2 Å². The fraction of sp³-hybridized carbons (Fsp3) is 0.188. The minimum Gasteiger partial charge on any atom is -0.480 e. The summed E-state index contributed by atoms with van der Waals surface area (Å²) in [6.45, 7) is -1.63. The summed E-state index contributed by atoms with van der Waals surface area (Å²) < 4.78 is 81.5. The summed E-state index contributed by atoms with van der Waals surface area (Å²) in [6, 6.07) is 8.40. The molecule has 0 saturated heterocycles. The quantitative estimate of drug-likeness (QED) is 0.507. The smallest absolute Gasteiger partial charge is 0.422 e. The number of halogens is 4. The van der Waals surface area contributed by atoms with E-state index in [1.165, 1.54) is 28.9 Å². The second-order valence-corrected chi connectivity index (χ2v) is 6.33. The summed E-state index contributed by atoms with van der Waals surface area (Å²) in [6.07, 6.45) is -4.61. The monoisotopic (exact) mass is 403 g/mol. The van der Waals surface area contributed by atoms with Crippen molar-refractivity contribution in [1.29, 1.82) is 0 Å². The van der Waals surface area contributed by atoms with Crippen molar-refractivity contribution < 1.29 is 30.7 Å². The maximum Gasteiger partial charge on any atom is 0.422 e. The molecule has 6 nitrogen and oxygen atoms in total. The first-order valence-electron chi connectivity index (χ1n) is 7.52. The Labute approximate surface area is 152 Å². The van der Waals surface area contributed by atoms with Gasteiger partial charge in [0.2, 0.25) is 10.9 Å². The highest BCUT2D eigenvalue weighted by Gasteiger charge is 2.29. The number of nitrogens with zero attached hydrogens (tertiary/aromatic N) is 2. The Hall–Kier alpha value is -2.82. The van der Waals surface area contributed by atoms with Crippen LogP contribution in [0, 0.1) is 5.82 Å². The molecule has 0 aliphatic heterocycles. The average Bonchev–Trinajstić information content (AvgIpc) is 2.87. The van der Waals surface area contributed by atoms with Gasteiger partial charge in [0.25, 0.3) is 0 Å². The molecule has 1 N–H and O–H groups in total. The predicted octanol–water partition coefficient (Wildman–Crippen LogP) is 3.26. The molecule has 3 rings (SSSR count). The largest absolute Gasteiger partial charge is 0.480 e. The van der Waals surface area contributed by atoms with Crippen LogP contribution < -0.4 is 9.46 Å². The number of aryl methyl sites for hydroxylation is 1. The van der Waals surface area contributed by atoms with Crippen LogP contribution in [-0.4, -0.2) is 31.0 Å². The molecule has 0 spiro atoms. The first-order valence-corrected chi connectivity index (χ1v) is 8.70. The predicted molar refractivity (Wildman–Crippen MR) is 91.6 cm³/mol. The van der Waals surface area contributed by atoms with Gasteiger partial charge in [0.05, 0.1) is 5.52 Å². The number of fused-ring (bicyclic) bond motifs is 1. The average molecular weight is 403 g/mol. The Kier molecular flexibility index (Phi) is 4.96. The van der Waals surface area contributed by atoms with Gasteiger partial charge >= 0.3 is 6.18 Å². The van der Waals surface area contributed by atoms with E-state index in [4.69, 9.17) is 0 Å². The van der Waals surface area contributed by atoms with Crippen LogP contribution in [0.2, 0.25) is 0 Å². The molecule has 0 radical (unpaired) electrons. The summed E-state index contributed by atoms with van der Waals surface area (Å²) in [7, 11) is -1.34. The van der Waals surface area contributed by atoms with Crippen molar-refractivity contribution in [2.45, 2.75) is 6.18 Å². The lowest BCUT2D eigenvalue weighted by atomic mass is 10.0. The molecule has 0 unspecified atom stereocenters. The highest BCUT2D eigenvalue weighted by atomic mass is 32.2. The van der Waals surface area contributed by atoms with Gasteiger partial charge in [-0.1, -0.05) is 18.2 Å². The molecule has 27 heavy (non-hydrogen) atoms. The van der Waals surface area contributed by atoms with Crippen LogP contribution in [0.5, 0.6) is 5.75 Å². The lowest BCUT2D eigenvalue weighted by Crippen LogP contribution is -2.20. The van der Waals surface area contributed by atoms with E-state index >= 15 is 0 Å². The van der Waals surface area contributed by atoms with Gasteiger partial charge in [-0.05, 0) is 23.8 Å². The van der Waals surface area contributed by atoms with E-state index in [1.807, 2.05) is 0 Å². The number of nitrogens with one attached hydrogen (secondary N) is 1. The molecule has 11 heteroatoms. The number of thiol groups is 1. The minimum absolute atomic E-state index is 0.114. The van der Waals surface area contributed by atoms with Crippen LogP contribution in [-0.2, 0) is 17.9 Å². The van der Waals surface area contributed by atoms with Gasteiger partial charge in [-0.3, -0.25) is 9.40 Å². The zero-order valence-electron chi connectivity index (χ0n) is 13.7. The van der Waals surface area contributed by atoms with Crippen LogP contribution in [0.15, 0.2) is 36.4 Å². The summed E-state index contributed by atoms with van der Waals surface area (Å²) >= 11 is 0. The number of para-hydroxylation sites is 1. The van der Waals surface area contributed by atoms with E-state index in [1.54, 1.807) is 13.1 Å². The lowest BCUT2D eigenvalue weighted by molar-refractivity contribution is -0.153. The van der Waals surface area contributed by atoms with Gasteiger partial charge in [-0.2, -0.15) is 18.3 Å². The van der Waals surface area contributed by atoms with Crippen LogP contribution in [0.4, 0.5) is 23.4 Å². The maximum absolute atomic E-state index is 14.1. The normalized spacial score (nSPS) is 11.9. The topological polar surface area (TPSA) is 73.2 Å². The number of hydrogen-bond acceptors (Lipinski definition) is 4. The first-order chi connectivity index (χ1) is 12.7. The lowest BCUT2D eigenvalue weighted by Gasteiger charge is -2.14. The van der Waals surface area contributed by atoms with E-state index < -0.39 is 35.2 Å². The highest BCUT2D eigenvalue weighted by molar-refractivity contribution is 7.73. The molecule has 0 atom stereocenters. The molecular weight excluding hydrogens is 390 g/mol. The number of ether oxygens (including phenoxy) is 1. The van der Waals surface area contributed by atoms with Crippen LogP contribution in [0.3, 0.4) is 0 Å². The van der Waals surface area contributed by atoms with E-state index in [9.17, 15) is 26.0 Å². The Balaban J connectivity index is 2.08. The molecule has 0 amide bonds. The standard InChI is InChI=1S/C16H13F4N3O3S/c1-23-13-7-9(5-6-11(13)15(21-23)22-27(24)25)10-3-2-4-12(17)14(10)26-8-16(18,19)20/h2-7,27H,8H2,1H3,(H,21,22,24,25). The van der Waals surface area contributed by atoms with Gasteiger partial charge in [0.1, 0.15) is 0 Å². The van der Waals surface area contributed by atoms with Crippen molar-refractivity contribution in [2.24, 2.45) is 7.05 Å². The maximum atomic E-state index is 14.1. The molecule has 1 heterocycles. The molecule has 0 fully saturated rings. The van der Waals surface area contributed by atoms with Crippen molar-refractivity contribution in [3.63, 3.8) is 0 Å². The summed E-state index contributed by atoms with van der Waals surface area (Å²) in [5.74, 6) is -1.33. The summed E-state index contributed by atoms with van der Waals surface area (Å²) in [4.78, 5) is 0. The number of aromatic nitrogens is 2. The fourth-order valence-electron chi connectivity index (χ4n) is 2.63. The van der Waals surface area contributed by atoms with Gasteiger partial charge in [-0.15, -0.1) is 0 Å². The van der Waals surface area contributed by atoms with E-state index in [0.717, 1.165) is 6.07 Å². The molecule has 1 aromatic heterocycles. The van der Waals surface area contributed by atoms with Crippen molar-refractivity contribution >= 4 is 27.6 Å². The second-order valence-electron chi connectivity index (χ2n) is 5.59. The number of alkyl halides is 3. The number of anilines is 1. The van der Waals surface area contributed by atoms with Gasteiger partial charge < -0.3 is 4.74 Å². The van der Waals surface area contributed by atoms with E-state index in [2.05, 4.69) is 14.6 Å². The molecule has 0 aliphatic carbocycles. The number of benzene rings is 2. The molecule has 0 saturated carbocycles. The van der Waals surface area contributed by atoms with E-state index in [-0.39, 0.29) is 11.4 Å². The Morgan fingerprint density at radius 2 is 1.96 bits per heavy atom. The third kappa shape index (κ3) is 4.13. The number of hydrogen-bond donors (Lipinski definition) is 2. The summed E-state index contributed by atoms with van der Waals surface area (Å²) in [5, 5.41) is 4.52. The zero-order chi connectivity index (χ0) is 19.8.